The highest BCUT2D eigenvalue weighted by Crippen LogP contribution is 2.30. The van der Waals surface area contributed by atoms with Crippen LogP contribution in [0.3, 0.4) is 0 Å². The third-order valence-corrected chi connectivity index (χ3v) is 4.92. The Bertz CT molecular complexity index is 967. The van der Waals surface area contributed by atoms with E-state index < -0.39 is 34.6 Å². The van der Waals surface area contributed by atoms with Gasteiger partial charge in [-0.2, -0.15) is 0 Å². The lowest BCUT2D eigenvalue weighted by molar-refractivity contribution is -0.274. The number of sulfonamides is 1. The van der Waals surface area contributed by atoms with Crippen LogP contribution in [0.25, 0.3) is 0 Å². The van der Waals surface area contributed by atoms with Gasteiger partial charge in [0, 0.05) is 10.7 Å². The summed E-state index contributed by atoms with van der Waals surface area (Å²) in [5.41, 5.74) is 0.158. The Morgan fingerprint density at radius 1 is 1.14 bits per heavy atom. The van der Waals surface area contributed by atoms with E-state index in [1.807, 2.05) is 0 Å². The van der Waals surface area contributed by atoms with E-state index >= 15 is 0 Å². The number of ether oxygens (including phenoxy) is 1. The number of alkyl halides is 3. The Kier molecular flexibility index (Phi) is 6.68. The van der Waals surface area contributed by atoms with Gasteiger partial charge in [0.25, 0.3) is 0 Å². The molecule has 0 aliphatic rings. The number of hydrogen-bond donors (Lipinski definition) is 1. The van der Waals surface area contributed by atoms with Gasteiger partial charge in [0.2, 0.25) is 15.9 Å². The summed E-state index contributed by atoms with van der Waals surface area (Å²) < 4.78 is 65.1. The largest absolute Gasteiger partial charge is 0.573 e. The molecule has 6 nitrogen and oxygen atoms in total. The van der Waals surface area contributed by atoms with Crippen LogP contribution in [0.4, 0.5) is 24.5 Å². The molecule has 2 aromatic rings. The lowest BCUT2D eigenvalue weighted by atomic mass is 10.3. The molecular formula is C16H13Cl2F3N2O4S. The van der Waals surface area contributed by atoms with Gasteiger partial charge in [0.15, 0.2) is 0 Å². The molecule has 28 heavy (non-hydrogen) atoms. The van der Waals surface area contributed by atoms with Crippen LogP contribution in [-0.2, 0) is 14.8 Å². The summed E-state index contributed by atoms with van der Waals surface area (Å²) in [6, 6.07) is 8.50. The maximum atomic E-state index is 12.2. The van der Waals surface area contributed by atoms with E-state index in [1.54, 1.807) is 0 Å². The zero-order chi connectivity index (χ0) is 21.1. The van der Waals surface area contributed by atoms with E-state index in [-0.39, 0.29) is 21.4 Å². The predicted molar refractivity (Wildman–Crippen MR) is 100 cm³/mol. The predicted octanol–water partition coefficient (Wildman–Crippen LogP) is 4.30. The van der Waals surface area contributed by atoms with Crippen molar-refractivity contribution in [1.29, 1.82) is 0 Å². The van der Waals surface area contributed by atoms with E-state index in [9.17, 15) is 26.4 Å². The van der Waals surface area contributed by atoms with E-state index in [2.05, 4.69) is 10.1 Å². The molecule has 2 aromatic carbocycles. The first kappa shape index (κ1) is 22.1. The Balaban J connectivity index is 2.15. The zero-order valence-corrected chi connectivity index (χ0v) is 16.5. The van der Waals surface area contributed by atoms with Crippen molar-refractivity contribution >= 4 is 50.5 Å². The zero-order valence-electron chi connectivity index (χ0n) is 14.1. The molecule has 2 rings (SSSR count). The second kappa shape index (κ2) is 8.46. The van der Waals surface area contributed by atoms with Crippen molar-refractivity contribution in [2.75, 3.05) is 22.4 Å². The molecule has 0 bridgehead atoms. The molecule has 0 heterocycles. The molecule has 0 aromatic heterocycles. The van der Waals surface area contributed by atoms with Crippen LogP contribution in [0.15, 0.2) is 42.5 Å². The normalized spacial score (nSPS) is 11.8. The van der Waals surface area contributed by atoms with E-state index in [1.165, 1.54) is 30.3 Å². The van der Waals surface area contributed by atoms with E-state index in [0.717, 1.165) is 22.7 Å². The maximum Gasteiger partial charge on any atom is 0.573 e. The third kappa shape index (κ3) is 6.47. The van der Waals surface area contributed by atoms with Gasteiger partial charge in [0.05, 0.1) is 17.0 Å². The number of carbonyl (C=O) groups excluding carboxylic acids is 1. The summed E-state index contributed by atoms with van der Waals surface area (Å²) in [7, 11) is -3.89. The van der Waals surface area contributed by atoms with Crippen molar-refractivity contribution in [3.05, 3.63) is 52.5 Å². The minimum Gasteiger partial charge on any atom is -0.406 e. The van der Waals surface area contributed by atoms with Crippen molar-refractivity contribution in [1.82, 2.24) is 0 Å². The molecule has 0 unspecified atom stereocenters. The van der Waals surface area contributed by atoms with Crippen molar-refractivity contribution in [3.8, 4) is 5.75 Å². The summed E-state index contributed by atoms with van der Waals surface area (Å²) in [6.45, 7) is -0.625. The second-order valence-corrected chi connectivity index (χ2v) is 8.24. The molecule has 0 atom stereocenters. The molecule has 1 amide bonds. The smallest absolute Gasteiger partial charge is 0.406 e. The minimum absolute atomic E-state index is 0.0146. The standard InChI is InChI=1S/C16H13Cl2F3N2O4S/c1-28(25,26)23(14-8-10(17)2-7-13(14)18)9-15(24)22-11-3-5-12(6-4-11)27-16(19,20)21/h2-8H,9H2,1H3,(H,22,24). The Hall–Kier alpha value is -2.17. The first-order chi connectivity index (χ1) is 12.8. The number of carbonyl (C=O) groups is 1. The van der Waals surface area contributed by atoms with Gasteiger partial charge in [0.1, 0.15) is 12.3 Å². The van der Waals surface area contributed by atoms with E-state index in [0.29, 0.717) is 0 Å². The maximum absolute atomic E-state index is 12.2. The average molecular weight is 457 g/mol. The quantitative estimate of drug-likeness (QED) is 0.702. The number of hydrogen-bond acceptors (Lipinski definition) is 4. The van der Waals surface area contributed by atoms with Crippen molar-refractivity contribution in [3.63, 3.8) is 0 Å². The van der Waals surface area contributed by atoms with Gasteiger partial charge in [-0.3, -0.25) is 9.10 Å². The number of halogens is 5. The van der Waals surface area contributed by atoms with Crippen LogP contribution in [0.1, 0.15) is 0 Å². The first-order valence-electron chi connectivity index (χ1n) is 7.43. The van der Waals surface area contributed by atoms with Gasteiger partial charge >= 0.3 is 6.36 Å². The Labute approximate surface area is 168 Å². The van der Waals surface area contributed by atoms with Crippen LogP contribution >= 0.6 is 23.2 Å². The van der Waals surface area contributed by atoms with Crippen LogP contribution in [-0.4, -0.2) is 33.5 Å². The van der Waals surface area contributed by atoms with Crippen LogP contribution in [0.2, 0.25) is 10.0 Å². The minimum atomic E-state index is -4.84. The SMILES string of the molecule is CS(=O)(=O)N(CC(=O)Nc1ccc(OC(F)(F)F)cc1)c1cc(Cl)ccc1Cl. The van der Waals surface area contributed by atoms with Crippen LogP contribution < -0.4 is 14.4 Å². The lowest BCUT2D eigenvalue weighted by Crippen LogP contribution is -2.37. The molecule has 152 valence electrons. The molecule has 12 heteroatoms. The fourth-order valence-corrected chi connectivity index (χ4v) is 3.43. The topological polar surface area (TPSA) is 75.7 Å². The van der Waals surface area contributed by atoms with Crippen LogP contribution in [0, 0.1) is 0 Å². The summed E-state index contributed by atoms with van der Waals surface area (Å²) in [6.07, 6.45) is -3.95. The van der Waals surface area contributed by atoms with Gasteiger partial charge < -0.3 is 10.1 Å². The first-order valence-corrected chi connectivity index (χ1v) is 10.0. The molecule has 0 saturated heterocycles. The van der Waals surface area contributed by atoms with Gasteiger partial charge in [-0.15, -0.1) is 13.2 Å². The monoisotopic (exact) mass is 456 g/mol. The number of anilines is 2. The highest BCUT2D eigenvalue weighted by atomic mass is 35.5. The molecule has 1 N–H and O–H groups in total. The lowest BCUT2D eigenvalue weighted by Gasteiger charge is -2.23. The number of rotatable bonds is 6. The highest BCUT2D eigenvalue weighted by Gasteiger charge is 2.31. The van der Waals surface area contributed by atoms with E-state index in [4.69, 9.17) is 23.2 Å². The van der Waals surface area contributed by atoms with Gasteiger partial charge in [-0.1, -0.05) is 23.2 Å². The number of nitrogens with zero attached hydrogens (tertiary/aromatic N) is 1. The van der Waals surface area contributed by atoms with Crippen LogP contribution in [0.5, 0.6) is 5.75 Å². The van der Waals surface area contributed by atoms with Crippen molar-refractivity contribution < 1.29 is 31.1 Å². The highest BCUT2D eigenvalue weighted by molar-refractivity contribution is 7.92. The number of nitrogens with one attached hydrogen (secondary N) is 1. The molecule has 0 aliphatic carbocycles. The Morgan fingerprint density at radius 3 is 2.29 bits per heavy atom. The molecule has 0 fully saturated rings. The fourth-order valence-electron chi connectivity index (χ4n) is 2.13. The van der Waals surface area contributed by atoms with Gasteiger partial charge in [-0.05, 0) is 42.5 Å². The fraction of sp³-hybridized carbons (Fsp3) is 0.188. The summed E-state index contributed by atoms with van der Waals surface area (Å²) >= 11 is 11.9. The summed E-state index contributed by atoms with van der Waals surface area (Å²) in [4.78, 5) is 12.2. The molecule has 0 radical (unpaired) electrons. The average Bonchev–Trinajstić information content (AvgIpc) is 2.54. The third-order valence-electron chi connectivity index (χ3n) is 3.24. The summed E-state index contributed by atoms with van der Waals surface area (Å²) in [5.74, 6) is -1.21. The molecule has 0 aliphatic heterocycles. The molecular weight excluding hydrogens is 444 g/mol. The molecule has 0 spiro atoms. The van der Waals surface area contributed by atoms with Crippen molar-refractivity contribution in [2.45, 2.75) is 6.36 Å². The van der Waals surface area contributed by atoms with Gasteiger partial charge in [-0.25, -0.2) is 8.42 Å². The Morgan fingerprint density at radius 2 is 1.75 bits per heavy atom. The van der Waals surface area contributed by atoms with Crippen molar-refractivity contribution in [2.24, 2.45) is 0 Å². The summed E-state index contributed by atoms with van der Waals surface area (Å²) in [5, 5.41) is 2.66. The number of amides is 1. The second-order valence-electron chi connectivity index (χ2n) is 5.49. The molecule has 0 saturated carbocycles. The number of benzene rings is 2.